The molecule has 1 aromatic carbocycles. The van der Waals surface area contributed by atoms with Gasteiger partial charge in [0.15, 0.2) is 11.6 Å². The topological polar surface area (TPSA) is 100 Å². The Labute approximate surface area is 186 Å². The monoisotopic (exact) mass is 436 g/mol. The summed E-state index contributed by atoms with van der Waals surface area (Å²) in [5.41, 5.74) is 5.85. The molecule has 0 aliphatic carbocycles. The largest absolute Gasteiger partial charge is 0.337 e. The van der Waals surface area contributed by atoms with Crippen molar-refractivity contribution in [2.24, 2.45) is 0 Å². The normalized spacial score (nSPS) is 11.4. The number of Topliss-reactive ketones (excluding diaryl/α,β-unsaturated/α-hetero) is 1. The molecule has 8 heteroatoms. The van der Waals surface area contributed by atoms with E-state index in [4.69, 9.17) is 4.98 Å². The summed E-state index contributed by atoms with van der Waals surface area (Å²) in [7, 11) is 0. The lowest BCUT2D eigenvalue weighted by Crippen LogP contribution is -1.87. The predicted octanol–water partition coefficient (Wildman–Crippen LogP) is 5.49. The van der Waals surface area contributed by atoms with E-state index in [1.807, 2.05) is 54.6 Å². The first-order valence-electron chi connectivity index (χ1n) is 10.0. The number of carbonyl (C=O) groups is 1. The van der Waals surface area contributed by atoms with Crippen LogP contribution in [0.4, 0.5) is 0 Å². The number of fused-ring (bicyclic) bond motifs is 2. The number of aromatic nitrogens is 6. The zero-order valence-electron chi connectivity index (χ0n) is 17.0. The van der Waals surface area contributed by atoms with Gasteiger partial charge in [0.2, 0.25) is 0 Å². The highest BCUT2D eigenvalue weighted by molar-refractivity contribution is 7.17. The van der Waals surface area contributed by atoms with Crippen LogP contribution in [0.5, 0.6) is 0 Å². The lowest BCUT2D eigenvalue weighted by atomic mass is 10.1. The van der Waals surface area contributed by atoms with Gasteiger partial charge in [-0.3, -0.25) is 19.9 Å². The molecule has 0 aliphatic heterocycles. The van der Waals surface area contributed by atoms with Crippen molar-refractivity contribution in [1.82, 2.24) is 30.1 Å². The second kappa shape index (κ2) is 7.21. The molecule has 2 N–H and O–H groups in total. The molecule has 0 spiro atoms. The third kappa shape index (κ3) is 3.00. The zero-order chi connectivity index (χ0) is 21.7. The number of nitrogens with one attached hydrogen (secondary N) is 2. The van der Waals surface area contributed by atoms with Crippen molar-refractivity contribution >= 4 is 39.1 Å². The number of nitrogens with zero attached hydrogens (tertiary/aromatic N) is 4. The van der Waals surface area contributed by atoms with E-state index in [9.17, 15) is 4.79 Å². The van der Waals surface area contributed by atoms with Gasteiger partial charge in [0.25, 0.3) is 0 Å². The van der Waals surface area contributed by atoms with E-state index in [0.29, 0.717) is 5.82 Å². The number of hydrogen-bond donors (Lipinski definition) is 2. The highest BCUT2D eigenvalue weighted by Crippen LogP contribution is 2.35. The van der Waals surface area contributed by atoms with Gasteiger partial charge in [-0.05, 0) is 43.3 Å². The fourth-order valence-corrected chi connectivity index (χ4v) is 4.69. The number of aromatic amines is 2. The van der Waals surface area contributed by atoms with Crippen molar-refractivity contribution in [3.63, 3.8) is 0 Å². The Morgan fingerprint density at radius 1 is 0.969 bits per heavy atom. The molecule has 5 aromatic heterocycles. The van der Waals surface area contributed by atoms with Gasteiger partial charge < -0.3 is 4.98 Å². The maximum atomic E-state index is 11.7. The van der Waals surface area contributed by atoms with Gasteiger partial charge in [-0.15, -0.1) is 11.3 Å². The Balaban J connectivity index is 1.49. The summed E-state index contributed by atoms with van der Waals surface area (Å²) in [6, 6.07) is 17.6. The van der Waals surface area contributed by atoms with Crippen LogP contribution in [0.1, 0.15) is 16.6 Å². The van der Waals surface area contributed by atoms with Crippen LogP contribution in [-0.4, -0.2) is 35.9 Å². The van der Waals surface area contributed by atoms with Crippen molar-refractivity contribution < 1.29 is 4.79 Å². The Morgan fingerprint density at radius 2 is 1.91 bits per heavy atom. The molecule has 0 radical (unpaired) electrons. The molecular weight excluding hydrogens is 420 g/mol. The minimum atomic E-state index is 0.0662. The maximum absolute atomic E-state index is 11.7. The van der Waals surface area contributed by atoms with E-state index in [1.54, 1.807) is 19.3 Å². The molecule has 0 amide bonds. The highest BCUT2D eigenvalue weighted by Gasteiger charge is 2.17. The second-order valence-corrected chi connectivity index (χ2v) is 8.49. The molecule has 0 bridgehead atoms. The molecule has 0 saturated heterocycles. The Morgan fingerprint density at radius 3 is 2.72 bits per heavy atom. The van der Waals surface area contributed by atoms with Crippen molar-refractivity contribution in [3.05, 3.63) is 71.9 Å². The van der Waals surface area contributed by atoms with E-state index in [2.05, 4.69) is 25.1 Å². The van der Waals surface area contributed by atoms with Crippen LogP contribution in [-0.2, 0) is 0 Å². The number of thiophene rings is 1. The minimum absolute atomic E-state index is 0.0662. The first kappa shape index (κ1) is 18.6. The number of rotatable bonds is 4. The average Bonchev–Trinajstić information content (AvgIpc) is 3.56. The molecule has 6 rings (SSSR count). The molecule has 0 saturated carbocycles. The third-order valence-electron chi connectivity index (χ3n) is 5.33. The summed E-state index contributed by atoms with van der Waals surface area (Å²) in [4.78, 5) is 30.7. The lowest BCUT2D eigenvalue weighted by molar-refractivity contribution is 0.102. The molecule has 154 valence electrons. The van der Waals surface area contributed by atoms with Crippen LogP contribution in [0.25, 0.3) is 55.3 Å². The molecule has 32 heavy (non-hydrogen) atoms. The van der Waals surface area contributed by atoms with Gasteiger partial charge in [0, 0.05) is 22.0 Å². The van der Waals surface area contributed by atoms with E-state index < -0.39 is 0 Å². The van der Waals surface area contributed by atoms with Gasteiger partial charge in [-0.1, -0.05) is 18.2 Å². The van der Waals surface area contributed by atoms with Crippen molar-refractivity contribution in [3.8, 4) is 33.3 Å². The number of imidazole rings is 1. The van der Waals surface area contributed by atoms with Gasteiger partial charge in [-0.2, -0.15) is 5.10 Å². The number of hydrogen-bond acceptors (Lipinski definition) is 6. The van der Waals surface area contributed by atoms with Crippen molar-refractivity contribution in [2.75, 3.05) is 0 Å². The Bertz CT molecular complexity index is 1610. The molecule has 0 fully saturated rings. The van der Waals surface area contributed by atoms with Gasteiger partial charge in [0.1, 0.15) is 5.69 Å². The zero-order valence-corrected chi connectivity index (χ0v) is 17.8. The van der Waals surface area contributed by atoms with Crippen LogP contribution in [0.15, 0.2) is 67.0 Å². The fourth-order valence-electron chi connectivity index (χ4n) is 3.77. The van der Waals surface area contributed by atoms with Crippen molar-refractivity contribution in [2.45, 2.75) is 6.92 Å². The number of carbonyl (C=O) groups excluding carboxylic acids is 1. The molecule has 0 aliphatic rings. The molecule has 0 atom stereocenters. The van der Waals surface area contributed by atoms with Gasteiger partial charge in [-0.25, -0.2) is 4.98 Å². The van der Waals surface area contributed by atoms with E-state index in [1.165, 1.54) is 11.3 Å². The Kier molecular flexibility index (Phi) is 4.19. The number of benzene rings is 1. The predicted molar refractivity (Wildman–Crippen MR) is 126 cm³/mol. The van der Waals surface area contributed by atoms with Crippen LogP contribution < -0.4 is 0 Å². The van der Waals surface area contributed by atoms with E-state index >= 15 is 0 Å². The van der Waals surface area contributed by atoms with Crippen LogP contribution in [0, 0.1) is 0 Å². The maximum Gasteiger partial charge on any atom is 0.169 e. The quantitative estimate of drug-likeness (QED) is 0.356. The molecule has 5 heterocycles. The third-order valence-corrected chi connectivity index (χ3v) is 6.55. The van der Waals surface area contributed by atoms with Crippen molar-refractivity contribution in [1.29, 1.82) is 0 Å². The average molecular weight is 437 g/mol. The van der Waals surface area contributed by atoms with E-state index in [0.717, 1.165) is 54.3 Å². The van der Waals surface area contributed by atoms with Gasteiger partial charge in [0.05, 0.1) is 39.0 Å². The standard InChI is InChI=1S/C24H16N6OS/c1-13(31)20-8-9-21(32-20)14-5-4-7-17-22(14)28-24(27-17)23-15-11-18(16-6-2-3-10-25-16)26-12-19(15)29-30-23/h2-12H,1H3,(H,27,28)(H,29,30). The summed E-state index contributed by atoms with van der Waals surface area (Å²) in [6.45, 7) is 1.58. The summed E-state index contributed by atoms with van der Waals surface area (Å²) in [6.07, 6.45) is 3.51. The second-order valence-electron chi connectivity index (χ2n) is 7.41. The number of para-hydroxylation sites is 1. The highest BCUT2D eigenvalue weighted by atomic mass is 32.1. The van der Waals surface area contributed by atoms with Crippen LogP contribution >= 0.6 is 11.3 Å². The number of pyridine rings is 2. The smallest absolute Gasteiger partial charge is 0.169 e. The summed E-state index contributed by atoms with van der Waals surface area (Å²) >= 11 is 1.48. The van der Waals surface area contributed by atoms with E-state index in [-0.39, 0.29) is 5.78 Å². The molecular formula is C24H16N6OS. The molecule has 7 nitrogen and oxygen atoms in total. The minimum Gasteiger partial charge on any atom is -0.337 e. The Hall–Kier alpha value is -4.17. The summed E-state index contributed by atoms with van der Waals surface area (Å²) < 4.78 is 0. The summed E-state index contributed by atoms with van der Waals surface area (Å²) in [5, 5.41) is 8.46. The number of H-pyrrole nitrogens is 2. The first-order valence-corrected chi connectivity index (χ1v) is 10.8. The SMILES string of the molecule is CC(=O)c1ccc(-c2cccc3[nH]c(-c4n[nH]c5cnc(-c6ccccn6)cc45)nc23)s1. The summed E-state index contributed by atoms with van der Waals surface area (Å²) in [5.74, 6) is 0.733. The first-order chi connectivity index (χ1) is 15.7. The molecule has 0 unspecified atom stereocenters. The fraction of sp³-hybridized carbons (Fsp3) is 0.0417. The van der Waals surface area contributed by atoms with Gasteiger partial charge >= 0.3 is 0 Å². The molecule has 6 aromatic rings. The lowest BCUT2D eigenvalue weighted by Gasteiger charge is -2.00. The van der Waals surface area contributed by atoms with Crippen LogP contribution in [0.2, 0.25) is 0 Å². The van der Waals surface area contributed by atoms with Crippen LogP contribution in [0.3, 0.4) is 0 Å². The number of ketones is 1.